The first kappa shape index (κ1) is 35.5. The molecule has 0 amide bonds. The standard InChI is InChI=1S/C18H36O2.C8H17Br.C2H6/c1-3-5-7-9-11-13-15-18(20-17-19)16-14-12-10-8-6-4-2;1-2-3-4-5-6-7-8-9;1-2/h17-18H,3-16H2,1-2H3;2-8H2,1H3;1-2H3. The van der Waals surface area contributed by atoms with Crippen LogP contribution in [0.4, 0.5) is 0 Å². The van der Waals surface area contributed by atoms with Gasteiger partial charge in [-0.3, -0.25) is 4.79 Å². The second-order valence-corrected chi connectivity index (χ2v) is 9.22. The summed E-state index contributed by atoms with van der Waals surface area (Å²) >= 11 is 3.42. The van der Waals surface area contributed by atoms with E-state index in [-0.39, 0.29) is 6.10 Å². The Morgan fingerprint density at radius 1 is 0.581 bits per heavy atom. The van der Waals surface area contributed by atoms with Gasteiger partial charge in [-0.1, -0.05) is 147 Å². The maximum Gasteiger partial charge on any atom is 0.293 e. The van der Waals surface area contributed by atoms with Crippen LogP contribution in [0.25, 0.3) is 0 Å². The highest BCUT2D eigenvalue weighted by Gasteiger charge is 2.08. The van der Waals surface area contributed by atoms with Gasteiger partial charge in [-0.15, -0.1) is 0 Å². The predicted octanol–water partition coefficient (Wildman–Crippen LogP) is 10.8. The molecule has 0 saturated heterocycles. The Labute approximate surface area is 206 Å². The quantitative estimate of drug-likeness (QED) is 0.0827. The molecule has 0 fully saturated rings. The van der Waals surface area contributed by atoms with Gasteiger partial charge in [0.25, 0.3) is 6.47 Å². The van der Waals surface area contributed by atoms with E-state index in [0.717, 1.165) is 12.8 Å². The molecule has 0 aliphatic heterocycles. The van der Waals surface area contributed by atoms with Crippen molar-refractivity contribution in [2.24, 2.45) is 0 Å². The molecule has 0 N–H and O–H groups in total. The fraction of sp³-hybridized carbons (Fsp3) is 0.964. The van der Waals surface area contributed by atoms with Gasteiger partial charge >= 0.3 is 0 Å². The number of halogens is 1. The summed E-state index contributed by atoms with van der Waals surface area (Å²) in [6.07, 6.45) is 26.3. The Balaban J connectivity index is -0.000000595. The first-order chi connectivity index (χ1) is 15.3. The van der Waals surface area contributed by atoms with Crippen LogP contribution >= 0.6 is 15.9 Å². The van der Waals surface area contributed by atoms with E-state index in [1.54, 1.807) is 0 Å². The van der Waals surface area contributed by atoms with E-state index in [1.165, 1.54) is 121 Å². The van der Waals surface area contributed by atoms with Gasteiger partial charge in [0.2, 0.25) is 0 Å². The zero-order chi connectivity index (χ0) is 23.8. The molecule has 0 aliphatic carbocycles. The number of hydrogen-bond acceptors (Lipinski definition) is 2. The highest BCUT2D eigenvalue weighted by Crippen LogP contribution is 2.16. The van der Waals surface area contributed by atoms with Gasteiger partial charge in [0.1, 0.15) is 6.10 Å². The largest absolute Gasteiger partial charge is 0.465 e. The Morgan fingerprint density at radius 3 is 1.23 bits per heavy atom. The summed E-state index contributed by atoms with van der Waals surface area (Å²) < 4.78 is 5.22. The molecular formula is C28H59BrO2. The van der Waals surface area contributed by atoms with E-state index in [1.807, 2.05) is 13.8 Å². The lowest BCUT2D eigenvalue weighted by atomic mass is 10.0. The molecule has 0 unspecified atom stereocenters. The normalized spacial score (nSPS) is 10.2. The smallest absolute Gasteiger partial charge is 0.293 e. The number of unbranched alkanes of at least 4 members (excludes halogenated alkanes) is 15. The Kier molecular flexibility index (Phi) is 42.7. The van der Waals surface area contributed by atoms with Crippen molar-refractivity contribution < 1.29 is 9.53 Å². The van der Waals surface area contributed by atoms with E-state index in [0.29, 0.717) is 6.47 Å². The third-order valence-corrected chi connectivity index (χ3v) is 6.06. The number of hydrogen-bond donors (Lipinski definition) is 0. The second-order valence-electron chi connectivity index (χ2n) is 8.42. The topological polar surface area (TPSA) is 26.3 Å². The molecule has 0 bridgehead atoms. The minimum atomic E-state index is 0.171. The SMILES string of the molecule is CC.CCCCCCCCBr.CCCCCCCCC(CCCCCCCC)OC=O. The van der Waals surface area contributed by atoms with Gasteiger partial charge in [-0.25, -0.2) is 0 Å². The molecule has 3 heteroatoms. The first-order valence-corrected chi connectivity index (χ1v) is 15.0. The van der Waals surface area contributed by atoms with Gasteiger partial charge < -0.3 is 4.74 Å². The highest BCUT2D eigenvalue weighted by molar-refractivity contribution is 9.09. The summed E-state index contributed by atoms with van der Waals surface area (Å²) in [6.45, 7) is 11.4. The number of carbonyl (C=O) groups is 1. The third kappa shape index (κ3) is 37.6. The fourth-order valence-electron chi connectivity index (χ4n) is 3.54. The first-order valence-electron chi connectivity index (χ1n) is 13.9. The Morgan fingerprint density at radius 2 is 0.903 bits per heavy atom. The summed E-state index contributed by atoms with van der Waals surface area (Å²) in [4.78, 5) is 10.5. The summed E-state index contributed by atoms with van der Waals surface area (Å²) in [5.41, 5.74) is 0. The maximum absolute atomic E-state index is 10.5. The van der Waals surface area contributed by atoms with Crippen molar-refractivity contribution in [2.75, 3.05) is 5.33 Å². The molecule has 31 heavy (non-hydrogen) atoms. The van der Waals surface area contributed by atoms with Gasteiger partial charge in [0.15, 0.2) is 0 Å². The maximum atomic E-state index is 10.5. The molecule has 0 rings (SSSR count). The second kappa shape index (κ2) is 37.3. The number of ether oxygens (including phenoxy) is 1. The Hall–Kier alpha value is -0.0500. The molecular weight excluding hydrogens is 448 g/mol. The van der Waals surface area contributed by atoms with Crippen molar-refractivity contribution >= 4 is 22.4 Å². The monoisotopic (exact) mass is 506 g/mol. The van der Waals surface area contributed by atoms with Crippen LogP contribution in [0.15, 0.2) is 0 Å². The van der Waals surface area contributed by atoms with Crippen LogP contribution in [0, 0.1) is 0 Å². The van der Waals surface area contributed by atoms with E-state index in [4.69, 9.17) is 4.74 Å². The van der Waals surface area contributed by atoms with Crippen molar-refractivity contribution in [3.05, 3.63) is 0 Å². The molecule has 0 atom stereocenters. The molecule has 2 nitrogen and oxygen atoms in total. The molecule has 0 saturated carbocycles. The predicted molar refractivity (Wildman–Crippen MR) is 145 cm³/mol. The lowest BCUT2D eigenvalue weighted by Gasteiger charge is -2.15. The van der Waals surface area contributed by atoms with E-state index < -0.39 is 0 Å². The molecule has 0 heterocycles. The average Bonchev–Trinajstić information content (AvgIpc) is 2.80. The molecule has 0 aliphatic rings. The van der Waals surface area contributed by atoms with Crippen LogP contribution < -0.4 is 0 Å². The summed E-state index contributed by atoms with van der Waals surface area (Å²) in [7, 11) is 0. The minimum Gasteiger partial charge on any atom is -0.465 e. The highest BCUT2D eigenvalue weighted by atomic mass is 79.9. The van der Waals surface area contributed by atoms with Crippen LogP contribution in [0.3, 0.4) is 0 Å². The van der Waals surface area contributed by atoms with E-state index in [9.17, 15) is 4.79 Å². The van der Waals surface area contributed by atoms with Crippen LogP contribution in [0.1, 0.15) is 163 Å². The Bertz CT molecular complexity index is 262. The molecule has 0 radical (unpaired) electrons. The zero-order valence-corrected chi connectivity index (χ0v) is 23.8. The molecule has 0 aromatic rings. The van der Waals surface area contributed by atoms with Crippen molar-refractivity contribution in [3.63, 3.8) is 0 Å². The average molecular weight is 508 g/mol. The van der Waals surface area contributed by atoms with E-state index in [2.05, 4.69) is 36.7 Å². The third-order valence-electron chi connectivity index (χ3n) is 5.49. The molecule has 190 valence electrons. The van der Waals surface area contributed by atoms with Gasteiger partial charge in [0.05, 0.1) is 0 Å². The van der Waals surface area contributed by atoms with Crippen LogP contribution in [0.5, 0.6) is 0 Å². The van der Waals surface area contributed by atoms with Gasteiger partial charge in [-0.2, -0.15) is 0 Å². The fourth-order valence-corrected chi connectivity index (χ4v) is 3.93. The number of alkyl halides is 1. The number of carbonyl (C=O) groups excluding carboxylic acids is 1. The lowest BCUT2D eigenvalue weighted by molar-refractivity contribution is -0.134. The zero-order valence-electron chi connectivity index (χ0n) is 22.2. The lowest BCUT2D eigenvalue weighted by Crippen LogP contribution is -2.12. The number of rotatable bonds is 22. The van der Waals surface area contributed by atoms with Crippen molar-refractivity contribution in [3.8, 4) is 0 Å². The molecule has 0 aromatic heterocycles. The van der Waals surface area contributed by atoms with Crippen LogP contribution in [-0.2, 0) is 9.53 Å². The van der Waals surface area contributed by atoms with Crippen molar-refractivity contribution in [2.45, 2.75) is 169 Å². The summed E-state index contributed by atoms with van der Waals surface area (Å²) in [5.74, 6) is 0. The van der Waals surface area contributed by atoms with Crippen LogP contribution in [-0.4, -0.2) is 17.9 Å². The summed E-state index contributed by atoms with van der Waals surface area (Å²) in [5, 5.41) is 1.18. The van der Waals surface area contributed by atoms with Gasteiger partial charge in [-0.05, 0) is 32.1 Å². The molecule has 0 spiro atoms. The summed E-state index contributed by atoms with van der Waals surface area (Å²) in [6, 6.07) is 0. The van der Waals surface area contributed by atoms with Gasteiger partial charge in [0, 0.05) is 5.33 Å². The van der Waals surface area contributed by atoms with Crippen molar-refractivity contribution in [1.29, 1.82) is 0 Å². The van der Waals surface area contributed by atoms with Crippen LogP contribution in [0.2, 0.25) is 0 Å². The van der Waals surface area contributed by atoms with Crippen molar-refractivity contribution in [1.82, 2.24) is 0 Å². The minimum absolute atomic E-state index is 0.171. The molecule has 0 aromatic carbocycles. The van der Waals surface area contributed by atoms with E-state index >= 15 is 0 Å².